The predicted octanol–water partition coefficient (Wildman–Crippen LogP) is 19.9. The summed E-state index contributed by atoms with van der Waals surface area (Å²) in [4.78, 5) is 25.1. The predicted molar refractivity (Wildman–Crippen MR) is 370 cm³/mol. The van der Waals surface area contributed by atoms with Crippen molar-refractivity contribution in [2.24, 2.45) is 0 Å². The molecule has 1 rings (SSSR count). The van der Waals surface area contributed by atoms with Gasteiger partial charge < -0.3 is 45.1 Å². The van der Waals surface area contributed by atoms with Crippen molar-refractivity contribution in [1.82, 2.24) is 5.32 Å². The molecule has 1 saturated heterocycles. The second kappa shape index (κ2) is 66.1. The fraction of sp³-hybridized carbons (Fsp3) is 0.870. The van der Waals surface area contributed by atoms with Crippen LogP contribution in [0.25, 0.3) is 0 Å². The van der Waals surface area contributed by atoms with Gasteiger partial charge in [-0.1, -0.05) is 326 Å². The smallest absolute Gasteiger partial charge is 0.305 e. The Morgan fingerprint density at radius 3 is 1.22 bits per heavy atom. The van der Waals surface area contributed by atoms with Crippen LogP contribution in [0.15, 0.2) is 48.6 Å². The van der Waals surface area contributed by atoms with Crippen LogP contribution in [0.1, 0.15) is 367 Å². The van der Waals surface area contributed by atoms with Crippen LogP contribution in [-0.4, -0.2) is 100 Å². The van der Waals surface area contributed by atoms with Crippen LogP contribution >= 0.6 is 0 Å². The molecule has 0 bridgehead atoms. The van der Waals surface area contributed by atoms with Crippen molar-refractivity contribution < 1.29 is 49.3 Å². The molecule has 0 aromatic rings. The maximum atomic E-state index is 13.0. The Morgan fingerprint density at radius 2 is 0.773 bits per heavy atom. The highest BCUT2D eigenvalue weighted by atomic mass is 16.7. The van der Waals surface area contributed by atoms with E-state index in [-0.39, 0.29) is 18.5 Å². The summed E-state index contributed by atoms with van der Waals surface area (Å²) in [5.41, 5.74) is 0. The average molecular weight is 1240 g/mol. The largest absolute Gasteiger partial charge is 0.466 e. The Balaban J connectivity index is 1.89. The number of aliphatic hydroxyl groups is 5. The van der Waals surface area contributed by atoms with E-state index < -0.39 is 49.5 Å². The molecular weight excluding hydrogens is 1100 g/mol. The highest BCUT2D eigenvalue weighted by Crippen LogP contribution is 2.23. The minimum absolute atomic E-state index is 0.0114. The summed E-state index contributed by atoms with van der Waals surface area (Å²) in [5.74, 6) is -0.180. The number of allylic oxidation sites excluding steroid dienone is 7. The third-order valence-corrected chi connectivity index (χ3v) is 17.9. The van der Waals surface area contributed by atoms with Crippen molar-refractivity contribution in [3.05, 3.63) is 48.6 Å². The van der Waals surface area contributed by atoms with Gasteiger partial charge in [-0.2, -0.15) is 0 Å². The summed E-state index contributed by atoms with van der Waals surface area (Å²) in [7, 11) is 0. The standard InChI is InChI=1S/C77H143NO10/c1-3-5-7-9-11-13-14-15-16-17-36-39-42-45-49-53-57-61-65-73(82)86-66-62-58-54-50-46-43-40-37-34-32-30-28-26-24-22-20-18-19-21-23-25-27-29-31-33-35-38-41-44-48-52-56-60-64-72(81)78-69(70(80)63-59-55-51-47-12-10-8-6-4-2)68-87-77-76(85)75(84)74(83)71(67-79)88-77/h12,22,24,28,30,47,59,63,69-71,74-77,79-80,83-85H,3-11,13-21,23,25-27,29,31-46,48-58,60-62,64-68H2,1-2H3,(H,78,81)/b24-22-,30-28-,47-12+,63-59+. The van der Waals surface area contributed by atoms with Gasteiger partial charge in [0.25, 0.3) is 0 Å². The number of unbranched alkanes of at least 4 members (excludes halogenated alkanes) is 47. The molecule has 11 nitrogen and oxygen atoms in total. The molecule has 11 heteroatoms. The number of carbonyl (C=O) groups excluding carboxylic acids is 2. The summed E-state index contributed by atoms with van der Waals surface area (Å²) in [6.07, 6.45) is 77.2. The molecule has 1 fully saturated rings. The monoisotopic (exact) mass is 1240 g/mol. The molecule has 0 spiro atoms. The Hall–Kier alpha value is -2.38. The first-order valence-corrected chi connectivity index (χ1v) is 37.9. The lowest BCUT2D eigenvalue weighted by Crippen LogP contribution is -2.60. The summed E-state index contributed by atoms with van der Waals surface area (Å²) in [5, 5.41) is 54.3. The SMILES string of the molecule is CCCCC/C=C/CC/C=C/C(O)C(COC1OC(CO)C(O)C(O)C1O)NC(=O)CCCCCCCCCCCCCCCCCCC/C=C\C/C=C\CCCCCCCCCCCOC(=O)CCCCCCCCCCCCCCCCCCCC. The van der Waals surface area contributed by atoms with Gasteiger partial charge in [-0.25, -0.2) is 0 Å². The van der Waals surface area contributed by atoms with Gasteiger partial charge >= 0.3 is 5.97 Å². The number of amides is 1. The molecule has 1 aliphatic rings. The second-order valence-corrected chi connectivity index (χ2v) is 26.3. The quantitative estimate of drug-likeness (QED) is 0.0195. The molecule has 88 heavy (non-hydrogen) atoms. The molecule has 0 saturated carbocycles. The van der Waals surface area contributed by atoms with Crippen LogP contribution in [-0.2, 0) is 23.8 Å². The zero-order valence-corrected chi connectivity index (χ0v) is 57.4. The molecule has 516 valence electrons. The summed E-state index contributed by atoms with van der Waals surface area (Å²) >= 11 is 0. The Bertz CT molecular complexity index is 1600. The number of hydrogen-bond donors (Lipinski definition) is 6. The molecule has 7 unspecified atom stereocenters. The lowest BCUT2D eigenvalue weighted by Gasteiger charge is -2.40. The van der Waals surface area contributed by atoms with Crippen molar-refractivity contribution in [2.45, 2.75) is 410 Å². The Labute approximate surface area is 542 Å². The minimum Gasteiger partial charge on any atom is -0.466 e. The molecule has 0 radical (unpaired) electrons. The number of esters is 1. The van der Waals surface area contributed by atoms with Crippen molar-refractivity contribution in [1.29, 1.82) is 0 Å². The molecule has 1 heterocycles. The van der Waals surface area contributed by atoms with Crippen LogP contribution in [0.5, 0.6) is 0 Å². The van der Waals surface area contributed by atoms with Gasteiger partial charge in [0.05, 0.1) is 32.0 Å². The number of hydrogen-bond acceptors (Lipinski definition) is 10. The van der Waals surface area contributed by atoms with E-state index in [1.807, 2.05) is 6.08 Å². The van der Waals surface area contributed by atoms with E-state index in [1.165, 1.54) is 283 Å². The maximum absolute atomic E-state index is 13.0. The normalized spacial score (nSPS) is 18.0. The lowest BCUT2D eigenvalue weighted by atomic mass is 9.99. The third kappa shape index (κ3) is 54.2. The third-order valence-electron chi connectivity index (χ3n) is 17.9. The Morgan fingerprint density at radius 1 is 0.420 bits per heavy atom. The van der Waals surface area contributed by atoms with E-state index in [2.05, 4.69) is 55.6 Å². The topological polar surface area (TPSA) is 175 Å². The second-order valence-electron chi connectivity index (χ2n) is 26.3. The first kappa shape index (κ1) is 83.6. The zero-order valence-electron chi connectivity index (χ0n) is 57.4. The van der Waals surface area contributed by atoms with Crippen LogP contribution in [0.2, 0.25) is 0 Å². The van der Waals surface area contributed by atoms with Crippen molar-refractivity contribution >= 4 is 11.9 Å². The molecule has 1 amide bonds. The van der Waals surface area contributed by atoms with E-state index >= 15 is 0 Å². The molecule has 7 atom stereocenters. The first-order chi connectivity index (χ1) is 43.2. The molecule has 0 aromatic carbocycles. The number of ether oxygens (including phenoxy) is 3. The highest BCUT2D eigenvalue weighted by Gasteiger charge is 2.44. The number of rotatable bonds is 67. The van der Waals surface area contributed by atoms with Gasteiger partial charge in [-0.05, 0) is 77.0 Å². The molecule has 0 aromatic heterocycles. The first-order valence-electron chi connectivity index (χ1n) is 37.9. The van der Waals surface area contributed by atoms with Gasteiger partial charge in [0.15, 0.2) is 6.29 Å². The average Bonchev–Trinajstić information content (AvgIpc) is 2.89. The van der Waals surface area contributed by atoms with Gasteiger partial charge in [0, 0.05) is 12.8 Å². The highest BCUT2D eigenvalue weighted by molar-refractivity contribution is 5.76. The molecule has 1 aliphatic heterocycles. The number of carbonyl (C=O) groups is 2. The summed E-state index contributed by atoms with van der Waals surface area (Å²) in [6.45, 7) is 4.31. The molecule has 0 aliphatic carbocycles. The van der Waals surface area contributed by atoms with E-state index in [4.69, 9.17) is 14.2 Å². The fourth-order valence-electron chi connectivity index (χ4n) is 12.0. The van der Waals surface area contributed by atoms with E-state index in [0.29, 0.717) is 19.4 Å². The van der Waals surface area contributed by atoms with Gasteiger partial charge in [0.1, 0.15) is 24.4 Å². The van der Waals surface area contributed by atoms with Gasteiger partial charge in [-0.3, -0.25) is 9.59 Å². The lowest BCUT2D eigenvalue weighted by molar-refractivity contribution is -0.302. The van der Waals surface area contributed by atoms with Crippen LogP contribution in [0.4, 0.5) is 0 Å². The van der Waals surface area contributed by atoms with E-state index in [0.717, 1.165) is 57.8 Å². The number of nitrogens with one attached hydrogen (secondary N) is 1. The summed E-state index contributed by atoms with van der Waals surface area (Å²) in [6, 6.07) is -0.825. The molecule has 6 N–H and O–H groups in total. The minimum atomic E-state index is -1.58. The van der Waals surface area contributed by atoms with Crippen molar-refractivity contribution in [2.75, 3.05) is 19.8 Å². The van der Waals surface area contributed by atoms with Crippen molar-refractivity contribution in [3.8, 4) is 0 Å². The molecular formula is C77H143NO10. The fourth-order valence-corrected chi connectivity index (χ4v) is 12.0. The Kier molecular flexibility index (Phi) is 62.8. The maximum Gasteiger partial charge on any atom is 0.305 e. The van der Waals surface area contributed by atoms with Gasteiger partial charge in [0.2, 0.25) is 5.91 Å². The zero-order chi connectivity index (χ0) is 63.7. The van der Waals surface area contributed by atoms with Gasteiger partial charge in [-0.15, -0.1) is 0 Å². The number of aliphatic hydroxyl groups excluding tert-OH is 5. The van der Waals surface area contributed by atoms with Crippen LogP contribution in [0, 0.1) is 0 Å². The van der Waals surface area contributed by atoms with Crippen LogP contribution < -0.4 is 5.32 Å². The summed E-state index contributed by atoms with van der Waals surface area (Å²) < 4.78 is 16.7. The van der Waals surface area contributed by atoms with Crippen molar-refractivity contribution in [3.63, 3.8) is 0 Å². The van der Waals surface area contributed by atoms with E-state index in [9.17, 15) is 35.1 Å². The van der Waals surface area contributed by atoms with E-state index in [1.54, 1.807) is 6.08 Å². The van der Waals surface area contributed by atoms with Crippen LogP contribution in [0.3, 0.4) is 0 Å².